The van der Waals surface area contributed by atoms with Gasteiger partial charge in [-0.25, -0.2) is 0 Å². The summed E-state index contributed by atoms with van der Waals surface area (Å²) < 4.78 is 0. The van der Waals surface area contributed by atoms with Crippen LogP contribution in [0.3, 0.4) is 0 Å². The van der Waals surface area contributed by atoms with Crippen LogP contribution in [0.5, 0.6) is 0 Å². The first kappa shape index (κ1) is 11.5. The summed E-state index contributed by atoms with van der Waals surface area (Å²) >= 11 is 0. The molecule has 0 unspecified atom stereocenters. The molecule has 82 valence electrons. The number of rotatable bonds is 3. The lowest BCUT2D eigenvalue weighted by Gasteiger charge is -2.24. The molecule has 0 saturated carbocycles. The number of likely N-dealkylation sites (tertiary alicyclic amines) is 1. The quantitative estimate of drug-likeness (QED) is 0.695. The first-order valence-corrected chi connectivity index (χ1v) is 5.29. The minimum absolute atomic E-state index is 0.208. The monoisotopic (exact) mass is 199 g/mol. The van der Waals surface area contributed by atoms with Crippen molar-refractivity contribution in [3.63, 3.8) is 0 Å². The first-order valence-electron chi connectivity index (χ1n) is 5.29. The molecular formula is C11H21NO2. The molecule has 3 nitrogen and oxygen atoms in total. The van der Waals surface area contributed by atoms with Gasteiger partial charge in [-0.1, -0.05) is 13.8 Å². The molecular weight excluding hydrogens is 178 g/mol. The van der Waals surface area contributed by atoms with Gasteiger partial charge < -0.3 is 10.0 Å². The standard InChI is InChI=1S/C11H21NO2/c1-8(2)10-5-9(11(3,4)14)6-12(10)7-13/h7-10,14H,5-6H2,1-4H3/t9-,10-/m0/s1. The fourth-order valence-electron chi connectivity index (χ4n) is 2.18. The van der Waals surface area contributed by atoms with Crippen LogP contribution in [0, 0.1) is 11.8 Å². The van der Waals surface area contributed by atoms with E-state index in [1.807, 2.05) is 18.7 Å². The molecule has 1 heterocycles. The van der Waals surface area contributed by atoms with E-state index in [9.17, 15) is 9.90 Å². The lowest BCUT2D eigenvalue weighted by atomic mass is 9.87. The first-order chi connectivity index (χ1) is 6.36. The Balaban J connectivity index is 2.70. The summed E-state index contributed by atoms with van der Waals surface area (Å²) in [6, 6.07) is 0.295. The zero-order valence-corrected chi connectivity index (χ0v) is 9.53. The van der Waals surface area contributed by atoms with Crippen molar-refractivity contribution in [3.8, 4) is 0 Å². The van der Waals surface area contributed by atoms with E-state index in [2.05, 4.69) is 13.8 Å². The summed E-state index contributed by atoms with van der Waals surface area (Å²) in [5, 5.41) is 9.89. The molecule has 0 aromatic carbocycles. The zero-order chi connectivity index (χ0) is 10.9. The highest BCUT2D eigenvalue weighted by Crippen LogP contribution is 2.33. The van der Waals surface area contributed by atoms with Crippen LogP contribution in [-0.4, -0.2) is 34.6 Å². The maximum absolute atomic E-state index is 10.8. The smallest absolute Gasteiger partial charge is 0.209 e. The van der Waals surface area contributed by atoms with E-state index in [0.717, 1.165) is 12.8 Å². The minimum atomic E-state index is -0.676. The van der Waals surface area contributed by atoms with Crippen LogP contribution in [0.4, 0.5) is 0 Å². The van der Waals surface area contributed by atoms with Crippen molar-refractivity contribution < 1.29 is 9.90 Å². The summed E-state index contributed by atoms with van der Waals surface area (Å²) in [7, 11) is 0. The van der Waals surface area contributed by atoms with Crippen molar-refractivity contribution in [2.75, 3.05) is 6.54 Å². The lowest BCUT2D eigenvalue weighted by molar-refractivity contribution is -0.119. The van der Waals surface area contributed by atoms with Gasteiger partial charge in [-0.05, 0) is 26.2 Å². The number of carbonyl (C=O) groups excluding carboxylic acids is 1. The van der Waals surface area contributed by atoms with Crippen LogP contribution in [0.2, 0.25) is 0 Å². The van der Waals surface area contributed by atoms with Gasteiger partial charge in [-0.2, -0.15) is 0 Å². The van der Waals surface area contributed by atoms with Crippen LogP contribution in [-0.2, 0) is 4.79 Å². The van der Waals surface area contributed by atoms with E-state index in [4.69, 9.17) is 0 Å². The molecule has 2 atom stereocenters. The van der Waals surface area contributed by atoms with E-state index in [-0.39, 0.29) is 5.92 Å². The van der Waals surface area contributed by atoms with Gasteiger partial charge in [0, 0.05) is 18.5 Å². The molecule has 1 aliphatic rings. The molecule has 1 N–H and O–H groups in total. The highest BCUT2D eigenvalue weighted by atomic mass is 16.3. The van der Waals surface area contributed by atoms with E-state index in [0.29, 0.717) is 18.5 Å². The van der Waals surface area contributed by atoms with Gasteiger partial charge in [0.1, 0.15) is 0 Å². The van der Waals surface area contributed by atoms with Gasteiger partial charge in [-0.3, -0.25) is 4.79 Å². The fourth-order valence-corrected chi connectivity index (χ4v) is 2.18. The third kappa shape index (κ3) is 2.27. The third-order valence-electron chi connectivity index (χ3n) is 3.29. The Hall–Kier alpha value is -0.570. The molecule has 1 amide bonds. The summed E-state index contributed by atoms with van der Waals surface area (Å²) in [4.78, 5) is 12.7. The van der Waals surface area contributed by atoms with E-state index < -0.39 is 5.60 Å². The summed E-state index contributed by atoms with van der Waals surface area (Å²) in [6.07, 6.45) is 1.83. The van der Waals surface area contributed by atoms with E-state index in [1.54, 1.807) is 0 Å². The second-order valence-corrected chi connectivity index (χ2v) is 5.20. The maximum Gasteiger partial charge on any atom is 0.209 e. The zero-order valence-electron chi connectivity index (χ0n) is 9.53. The van der Waals surface area contributed by atoms with Crippen molar-refractivity contribution in [2.45, 2.75) is 45.8 Å². The predicted octanol–water partition coefficient (Wildman–Crippen LogP) is 1.26. The molecule has 0 aromatic rings. The maximum atomic E-state index is 10.8. The Morgan fingerprint density at radius 1 is 1.50 bits per heavy atom. The predicted molar refractivity (Wildman–Crippen MR) is 55.8 cm³/mol. The van der Waals surface area contributed by atoms with Crippen LogP contribution in [0.1, 0.15) is 34.1 Å². The number of aliphatic hydroxyl groups is 1. The van der Waals surface area contributed by atoms with E-state index in [1.165, 1.54) is 0 Å². The van der Waals surface area contributed by atoms with Gasteiger partial charge in [-0.15, -0.1) is 0 Å². The molecule has 0 radical (unpaired) electrons. The van der Waals surface area contributed by atoms with Crippen LogP contribution in [0.25, 0.3) is 0 Å². The molecule has 1 saturated heterocycles. The molecule has 3 heteroatoms. The van der Waals surface area contributed by atoms with Crippen LogP contribution in [0.15, 0.2) is 0 Å². The summed E-state index contributed by atoms with van der Waals surface area (Å²) in [6.45, 7) is 8.57. The number of nitrogens with zero attached hydrogens (tertiary/aromatic N) is 1. The second-order valence-electron chi connectivity index (χ2n) is 5.20. The molecule has 1 rings (SSSR count). The van der Waals surface area contributed by atoms with Gasteiger partial charge in [0.15, 0.2) is 0 Å². The molecule has 0 aliphatic carbocycles. The highest BCUT2D eigenvalue weighted by Gasteiger charge is 2.39. The van der Waals surface area contributed by atoms with Crippen LogP contribution < -0.4 is 0 Å². The average molecular weight is 199 g/mol. The SMILES string of the molecule is CC(C)[C@@H]1C[C@H](C(C)(C)O)CN1C=O. The Kier molecular flexibility index (Phi) is 3.20. The van der Waals surface area contributed by atoms with Crippen LogP contribution >= 0.6 is 0 Å². The topological polar surface area (TPSA) is 40.5 Å². The Morgan fingerprint density at radius 3 is 2.36 bits per heavy atom. The van der Waals surface area contributed by atoms with Gasteiger partial charge in [0.05, 0.1) is 5.60 Å². The molecule has 1 fully saturated rings. The lowest BCUT2D eigenvalue weighted by Crippen LogP contribution is -2.34. The second kappa shape index (κ2) is 3.89. The number of hydrogen-bond acceptors (Lipinski definition) is 2. The number of hydrogen-bond donors (Lipinski definition) is 1. The van der Waals surface area contributed by atoms with Gasteiger partial charge in [0.2, 0.25) is 6.41 Å². The normalized spacial score (nSPS) is 28.6. The van der Waals surface area contributed by atoms with Crippen molar-refractivity contribution in [2.24, 2.45) is 11.8 Å². The highest BCUT2D eigenvalue weighted by molar-refractivity contribution is 5.48. The van der Waals surface area contributed by atoms with Gasteiger partial charge >= 0.3 is 0 Å². The molecule has 14 heavy (non-hydrogen) atoms. The fraction of sp³-hybridized carbons (Fsp3) is 0.909. The molecule has 0 bridgehead atoms. The largest absolute Gasteiger partial charge is 0.390 e. The summed E-state index contributed by atoms with van der Waals surface area (Å²) in [5.41, 5.74) is -0.676. The van der Waals surface area contributed by atoms with Gasteiger partial charge in [0.25, 0.3) is 0 Å². The molecule has 0 aromatic heterocycles. The van der Waals surface area contributed by atoms with Crippen molar-refractivity contribution in [1.82, 2.24) is 4.90 Å². The minimum Gasteiger partial charge on any atom is -0.390 e. The summed E-state index contributed by atoms with van der Waals surface area (Å²) in [5.74, 6) is 0.674. The number of carbonyl (C=O) groups is 1. The Morgan fingerprint density at radius 2 is 2.07 bits per heavy atom. The van der Waals surface area contributed by atoms with Crippen molar-refractivity contribution >= 4 is 6.41 Å². The van der Waals surface area contributed by atoms with E-state index >= 15 is 0 Å². The van der Waals surface area contributed by atoms with Crippen molar-refractivity contribution in [3.05, 3.63) is 0 Å². The number of amides is 1. The van der Waals surface area contributed by atoms with Crippen molar-refractivity contribution in [1.29, 1.82) is 0 Å². The average Bonchev–Trinajstić information content (AvgIpc) is 2.45. The Bertz CT molecular complexity index is 208. The Labute approximate surface area is 86.1 Å². The molecule has 0 spiro atoms. The third-order valence-corrected chi connectivity index (χ3v) is 3.29. The molecule has 1 aliphatic heterocycles.